The van der Waals surface area contributed by atoms with E-state index >= 15 is 0 Å². The van der Waals surface area contributed by atoms with Crippen LogP contribution in [0.5, 0.6) is 0 Å². The molecule has 0 aliphatic carbocycles. The van der Waals surface area contributed by atoms with Gasteiger partial charge in [0.15, 0.2) is 0 Å². The van der Waals surface area contributed by atoms with Crippen LogP contribution in [0.3, 0.4) is 0 Å². The van der Waals surface area contributed by atoms with E-state index in [0.717, 1.165) is 51.4 Å². The first kappa shape index (κ1) is 22.4. The molecule has 0 fully saturated rings. The van der Waals surface area contributed by atoms with E-state index in [1.54, 1.807) is 6.92 Å². The van der Waals surface area contributed by atoms with E-state index in [1.165, 1.54) is 11.1 Å². The van der Waals surface area contributed by atoms with Gasteiger partial charge >= 0.3 is 0 Å². The van der Waals surface area contributed by atoms with Gasteiger partial charge in [-0.25, -0.2) is 0 Å². The van der Waals surface area contributed by atoms with Crippen LogP contribution in [-0.4, -0.2) is 17.9 Å². The fraction of sp³-hybridized carbons (Fsp3) is 0.652. The molecule has 1 aromatic rings. The molecule has 3 heteroatoms. The van der Waals surface area contributed by atoms with Crippen LogP contribution in [0.1, 0.15) is 84.3 Å². The monoisotopic (exact) mass is 360 g/mol. The lowest BCUT2D eigenvalue weighted by atomic mass is 9.83. The summed E-state index contributed by atoms with van der Waals surface area (Å²) in [5, 5.41) is 0. The highest BCUT2D eigenvalue weighted by molar-refractivity contribution is 5.81. The summed E-state index contributed by atoms with van der Waals surface area (Å²) in [4.78, 5) is 22.0. The highest BCUT2D eigenvalue weighted by atomic mass is 16.5. The summed E-state index contributed by atoms with van der Waals surface area (Å²) in [7, 11) is 0. The summed E-state index contributed by atoms with van der Waals surface area (Å²) >= 11 is 0. The average Bonchev–Trinajstić information content (AvgIpc) is 2.56. The van der Waals surface area contributed by atoms with Crippen LogP contribution in [-0.2, 0) is 27.2 Å². The van der Waals surface area contributed by atoms with Gasteiger partial charge in [0, 0.05) is 5.41 Å². The summed E-state index contributed by atoms with van der Waals surface area (Å²) < 4.78 is 5.09. The fourth-order valence-electron chi connectivity index (χ4n) is 3.08. The van der Waals surface area contributed by atoms with Gasteiger partial charge in [0.05, 0.1) is 0 Å². The SMILES string of the molecule is CC(=O)C(C)(C)CCCCc1cccc(CCCCC(C)(C)OC=O)c1. The predicted octanol–water partition coefficient (Wildman–Crippen LogP) is 5.68. The highest BCUT2D eigenvalue weighted by Crippen LogP contribution is 2.25. The van der Waals surface area contributed by atoms with Gasteiger partial charge in [-0.1, -0.05) is 44.5 Å². The van der Waals surface area contributed by atoms with Crippen LogP contribution in [0.15, 0.2) is 24.3 Å². The second-order valence-corrected chi connectivity index (χ2v) is 8.65. The molecule has 0 saturated heterocycles. The van der Waals surface area contributed by atoms with Crippen LogP contribution in [0.25, 0.3) is 0 Å². The topological polar surface area (TPSA) is 43.4 Å². The van der Waals surface area contributed by atoms with E-state index in [-0.39, 0.29) is 16.8 Å². The standard InChI is InChI=1S/C23H36O3/c1-19(25)22(2,3)15-8-6-11-20-13-10-14-21(17-20)12-7-9-16-23(4,5)26-18-24/h10,13-14,17-18H,6-9,11-12,15-16H2,1-5H3. The number of ketones is 1. The first-order chi connectivity index (χ1) is 12.2. The molecule has 0 bridgehead atoms. The third-order valence-corrected chi connectivity index (χ3v) is 5.32. The molecule has 146 valence electrons. The second kappa shape index (κ2) is 10.5. The smallest absolute Gasteiger partial charge is 0.293 e. The zero-order chi connectivity index (χ0) is 19.6. The molecule has 26 heavy (non-hydrogen) atoms. The number of hydrogen-bond donors (Lipinski definition) is 0. The Bertz CT molecular complexity index is 573. The molecule has 3 nitrogen and oxygen atoms in total. The maximum absolute atomic E-state index is 11.6. The number of carbonyl (C=O) groups excluding carboxylic acids is 2. The molecule has 0 aliphatic rings. The van der Waals surface area contributed by atoms with Crippen LogP contribution in [0.2, 0.25) is 0 Å². The third-order valence-electron chi connectivity index (χ3n) is 5.32. The van der Waals surface area contributed by atoms with Gasteiger partial charge in [-0.05, 0) is 76.8 Å². The van der Waals surface area contributed by atoms with Crippen molar-refractivity contribution in [1.82, 2.24) is 0 Å². The normalized spacial score (nSPS) is 12.0. The molecule has 0 radical (unpaired) electrons. The van der Waals surface area contributed by atoms with Crippen molar-refractivity contribution in [3.8, 4) is 0 Å². The van der Waals surface area contributed by atoms with Gasteiger partial charge < -0.3 is 4.74 Å². The van der Waals surface area contributed by atoms with E-state index in [0.29, 0.717) is 6.47 Å². The van der Waals surface area contributed by atoms with Crippen LogP contribution >= 0.6 is 0 Å². The average molecular weight is 361 g/mol. The van der Waals surface area contributed by atoms with Crippen molar-refractivity contribution < 1.29 is 14.3 Å². The Morgan fingerprint density at radius 3 is 2.00 bits per heavy atom. The lowest BCUT2D eigenvalue weighted by Crippen LogP contribution is -2.23. The predicted molar refractivity (Wildman–Crippen MR) is 107 cm³/mol. The minimum Gasteiger partial charge on any atom is -0.462 e. The molecule has 1 aromatic carbocycles. The van der Waals surface area contributed by atoms with Crippen LogP contribution in [0.4, 0.5) is 0 Å². The van der Waals surface area contributed by atoms with E-state index in [9.17, 15) is 9.59 Å². The van der Waals surface area contributed by atoms with E-state index < -0.39 is 0 Å². The van der Waals surface area contributed by atoms with Gasteiger partial charge in [-0.15, -0.1) is 0 Å². The van der Waals surface area contributed by atoms with Crippen molar-refractivity contribution in [2.75, 3.05) is 0 Å². The van der Waals surface area contributed by atoms with E-state index in [2.05, 4.69) is 24.3 Å². The van der Waals surface area contributed by atoms with Gasteiger partial charge in [0.1, 0.15) is 11.4 Å². The summed E-state index contributed by atoms with van der Waals surface area (Å²) in [5.41, 5.74) is 2.20. The van der Waals surface area contributed by atoms with Gasteiger partial charge in [-0.3, -0.25) is 9.59 Å². The Kier molecular flexibility index (Phi) is 9.04. The summed E-state index contributed by atoms with van der Waals surface area (Å²) in [6.07, 6.45) is 8.33. The van der Waals surface area contributed by atoms with Crippen LogP contribution < -0.4 is 0 Å². The van der Waals surface area contributed by atoms with Crippen molar-refractivity contribution in [3.05, 3.63) is 35.4 Å². The number of benzene rings is 1. The largest absolute Gasteiger partial charge is 0.462 e. The Morgan fingerprint density at radius 1 is 0.962 bits per heavy atom. The van der Waals surface area contributed by atoms with Crippen molar-refractivity contribution in [2.45, 2.75) is 91.6 Å². The fourth-order valence-corrected chi connectivity index (χ4v) is 3.08. The molecular weight excluding hydrogens is 324 g/mol. The quantitative estimate of drug-likeness (QED) is 0.336. The molecule has 0 amide bonds. The maximum atomic E-state index is 11.6. The maximum Gasteiger partial charge on any atom is 0.293 e. The summed E-state index contributed by atoms with van der Waals surface area (Å²) in [6, 6.07) is 8.84. The minimum atomic E-state index is -0.364. The van der Waals surface area contributed by atoms with Crippen molar-refractivity contribution in [1.29, 1.82) is 0 Å². The summed E-state index contributed by atoms with van der Waals surface area (Å²) in [5.74, 6) is 0.279. The Labute approximate surface area is 159 Å². The number of aryl methyl sites for hydroxylation is 2. The van der Waals surface area contributed by atoms with Gasteiger partial charge in [0.2, 0.25) is 0 Å². The van der Waals surface area contributed by atoms with Crippen molar-refractivity contribution in [3.63, 3.8) is 0 Å². The van der Waals surface area contributed by atoms with Gasteiger partial charge in [0.25, 0.3) is 6.47 Å². The lowest BCUT2D eigenvalue weighted by molar-refractivity contribution is -0.140. The van der Waals surface area contributed by atoms with E-state index in [1.807, 2.05) is 27.7 Å². The molecule has 0 saturated carbocycles. The molecule has 0 aromatic heterocycles. The molecule has 0 aliphatic heterocycles. The van der Waals surface area contributed by atoms with Gasteiger partial charge in [-0.2, -0.15) is 0 Å². The lowest BCUT2D eigenvalue weighted by Gasteiger charge is -2.22. The second-order valence-electron chi connectivity index (χ2n) is 8.65. The third kappa shape index (κ3) is 8.64. The Morgan fingerprint density at radius 2 is 1.50 bits per heavy atom. The molecule has 0 spiro atoms. The molecule has 0 atom stereocenters. The number of hydrogen-bond acceptors (Lipinski definition) is 3. The molecule has 0 heterocycles. The number of rotatable bonds is 13. The molecule has 1 rings (SSSR count). The van der Waals surface area contributed by atoms with Crippen molar-refractivity contribution in [2.24, 2.45) is 5.41 Å². The number of carbonyl (C=O) groups is 2. The Hall–Kier alpha value is -1.64. The molecular formula is C23H36O3. The van der Waals surface area contributed by atoms with Crippen molar-refractivity contribution >= 4 is 12.3 Å². The van der Waals surface area contributed by atoms with Crippen LogP contribution in [0, 0.1) is 5.41 Å². The first-order valence-electron chi connectivity index (χ1n) is 9.87. The van der Waals surface area contributed by atoms with E-state index in [4.69, 9.17) is 4.74 Å². The zero-order valence-corrected chi connectivity index (χ0v) is 17.3. The number of unbranched alkanes of at least 4 members (excludes halogenated alkanes) is 2. The first-order valence-corrected chi connectivity index (χ1v) is 9.87. The minimum absolute atomic E-state index is 0.191. The number of Topliss-reactive ketones (excluding diaryl/α,β-unsaturated/α-hetero) is 1. The highest BCUT2D eigenvalue weighted by Gasteiger charge is 2.22. The molecule has 0 N–H and O–H groups in total. The Balaban J connectivity index is 2.34. The molecule has 0 unspecified atom stereocenters. The number of ether oxygens (including phenoxy) is 1. The summed E-state index contributed by atoms with van der Waals surface area (Å²) in [6.45, 7) is 10.2. The zero-order valence-electron chi connectivity index (χ0n) is 17.3.